The summed E-state index contributed by atoms with van der Waals surface area (Å²) in [7, 11) is 0. The lowest BCUT2D eigenvalue weighted by atomic mass is 10.1. The van der Waals surface area contributed by atoms with Crippen LogP contribution in [0, 0.1) is 12.7 Å². The van der Waals surface area contributed by atoms with Gasteiger partial charge in [-0.15, -0.1) is 0 Å². The molecule has 2 amide bonds. The molecule has 7 nitrogen and oxygen atoms in total. The minimum Gasteiger partial charge on any atom is -0.350 e. The van der Waals surface area contributed by atoms with Gasteiger partial charge in [-0.05, 0) is 63.6 Å². The summed E-state index contributed by atoms with van der Waals surface area (Å²) in [6.07, 6.45) is 1.59. The van der Waals surface area contributed by atoms with Gasteiger partial charge in [0.15, 0.2) is 0 Å². The van der Waals surface area contributed by atoms with Gasteiger partial charge in [-0.2, -0.15) is 0 Å². The fourth-order valence-corrected chi connectivity index (χ4v) is 3.62. The number of amides is 2. The van der Waals surface area contributed by atoms with Crippen LogP contribution in [0.1, 0.15) is 36.7 Å². The first-order chi connectivity index (χ1) is 14.5. The Morgan fingerprint density at radius 3 is 2.23 bits per heavy atom. The Balaban J connectivity index is 1.71. The van der Waals surface area contributed by atoms with Crippen LogP contribution in [-0.4, -0.2) is 64.4 Å². The number of hydrogen-bond donors (Lipinski definition) is 1. The number of pyridine rings is 1. The van der Waals surface area contributed by atoms with Crippen molar-refractivity contribution in [3.8, 4) is 5.69 Å². The number of nitrogens with one attached hydrogen (secondary N) is 1. The van der Waals surface area contributed by atoms with E-state index in [0.29, 0.717) is 37.4 Å². The number of aryl methyl sites for hydroxylation is 1. The number of aromatic nitrogens is 1. The molecule has 1 aromatic heterocycles. The molecule has 1 aliphatic rings. The quantitative estimate of drug-likeness (QED) is 0.808. The first kappa shape index (κ1) is 22.7. The molecule has 3 rings (SSSR count). The van der Waals surface area contributed by atoms with E-state index in [9.17, 15) is 18.8 Å². The van der Waals surface area contributed by atoms with Crippen LogP contribution in [0.3, 0.4) is 0 Å². The zero-order chi connectivity index (χ0) is 22.8. The van der Waals surface area contributed by atoms with Gasteiger partial charge in [-0.3, -0.25) is 23.9 Å². The van der Waals surface area contributed by atoms with Crippen molar-refractivity contribution in [1.82, 2.24) is 19.7 Å². The van der Waals surface area contributed by atoms with E-state index in [2.05, 4.69) is 5.32 Å². The molecule has 8 heteroatoms. The topological polar surface area (TPSA) is 74.7 Å². The highest BCUT2D eigenvalue weighted by Gasteiger charge is 2.27. The van der Waals surface area contributed by atoms with E-state index < -0.39 is 11.4 Å². The molecule has 0 aliphatic carbocycles. The summed E-state index contributed by atoms with van der Waals surface area (Å²) in [5.41, 5.74) is 0.495. The Bertz CT molecular complexity index is 1020. The summed E-state index contributed by atoms with van der Waals surface area (Å²) in [5.74, 6) is -0.764. The monoisotopic (exact) mass is 428 g/mol. The van der Waals surface area contributed by atoms with Crippen LogP contribution in [0.25, 0.3) is 5.69 Å². The molecule has 0 atom stereocenters. The van der Waals surface area contributed by atoms with Crippen LogP contribution in [-0.2, 0) is 4.79 Å². The Kier molecular flexibility index (Phi) is 6.59. The van der Waals surface area contributed by atoms with Crippen molar-refractivity contribution < 1.29 is 14.0 Å². The minimum atomic E-state index is -0.427. The molecular weight excluding hydrogens is 399 g/mol. The van der Waals surface area contributed by atoms with Crippen LogP contribution in [0.15, 0.2) is 41.3 Å². The lowest BCUT2D eigenvalue weighted by molar-refractivity contribution is -0.124. The highest BCUT2D eigenvalue weighted by Crippen LogP contribution is 2.13. The van der Waals surface area contributed by atoms with Crippen molar-refractivity contribution in [2.45, 2.75) is 33.2 Å². The number of piperazine rings is 1. The fraction of sp³-hybridized carbons (Fsp3) is 0.435. The molecule has 166 valence electrons. The summed E-state index contributed by atoms with van der Waals surface area (Å²) in [5, 5.41) is 2.94. The lowest BCUT2D eigenvalue weighted by Gasteiger charge is -2.35. The Labute approximate surface area is 181 Å². The summed E-state index contributed by atoms with van der Waals surface area (Å²) >= 11 is 0. The van der Waals surface area contributed by atoms with E-state index in [1.54, 1.807) is 24.1 Å². The molecule has 1 aliphatic heterocycles. The molecule has 2 heterocycles. The second-order valence-electron chi connectivity index (χ2n) is 8.89. The van der Waals surface area contributed by atoms with Gasteiger partial charge in [-0.25, -0.2) is 4.39 Å². The molecular formula is C23H29FN4O3. The number of benzene rings is 1. The third-order valence-corrected chi connectivity index (χ3v) is 5.16. The number of carbonyl (C=O) groups excluding carboxylic acids is 2. The van der Waals surface area contributed by atoms with Gasteiger partial charge in [-0.1, -0.05) is 0 Å². The van der Waals surface area contributed by atoms with Gasteiger partial charge >= 0.3 is 0 Å². The maximum atomic E-state index is 13.2. The fourth-order valence-electron chi connectivity index (χ4n) is 3.62. The average Bonchev–Trinajstić information content (AvgIpc) is 2.68. The molecule has 1 N–H and O–H groups in total. The maximum absolute atomic E-state index is 13.2. The van der Waals surface area contributed by atoms with E-state index >= 15 is 0 Å². The van der Waals surface area contributed by atoms with E-state index in [0.717, 1.165) is 0 Å². The molecule has 2 aromatic rings. The SMILES string of the molecule is Cc1ccn(-c2ccc(F)cc2)c(=O)c1C(=O)N1CCN(CC(=O)NC(C)(C)C)CC1. The van der Waals surface area contributed by atoms with Gasteiger partial charge in [0.25, 0.3) is 11.5 Å². The highest BCUT2D eigenvalue weighted by atomic mass is 19.1. The number of nitrogens with zero attached hydrogens (tertiary/aromatic N) is 3. The zero-order valence-corrected chi connectivity index (χ0v) is 18.4. The Hall–Kier alpha value is -3.00. The second kappa shape index (κ2) is 9.01. The van der Waals surface area contributed by atoms with Crippen molar-refractivity contribution in [1.29, 1.82) is 0 Å². The summed E-state index contributed by atoms with van der Waals surface area (Å²) in [4.78, 5) is 42.0. The third-order valence-electron chi connectivity index (χ3n) is 5.16. The van der Waals surface area contributed by atoms with Crippen LogP contribution < -0.4 is 10.9 Å². The summed E-state index contributed by atoms with van der Waals surface area (Å²) in [6.45, 7) is 9.80. The van der Waals surface area contributed by atoms with Crippen molar-refractivity contribution >= 4 is 11.8 Å². The molecule has 1 aromatic carbocycles. The smallest absolute Gasteiger partial charge is 0.268 e. The molecule has 1 saturated heterocycles. The largest absolute Gasteiger partial charge is 0.350 e. The standard InChI is InChI=1S/C23H29FN4O3/c1-16-9-10-28(18-7-5-17(24)6-8-18)22(31)20(16)21(30)27-13-11-26(12-14-27)15-19(29)25-23(2,3)4/h5-10H,11-15H2,1-4H3,(H,25,29). The molecule has 0 unspecified atom stereocenters. The lowest BCUT2D eigenvalue weighted by Crippen LogP contribution is -2.53. The number of rotatable bonds is 4. The molecule has 1 fully saturated rings. The van der Waals surface area contributed by atoms with Crippen molar-refractivity contribution in [2.75, 3.05) is 32.7 Å². The van der Waals surface area contributed by atoms with Crippen LogP contribution in [0.4, 0.5) is 4.39 Å². The van der Waals surface area contributed by atoms with Crippen LogP contribution in [0.2, 0.25) is 0 Å². The first-order valence-electron chi connectivity index (χ1n) is 10.4. The van der Waals surface area contributed by atoms with Gasteiger partial charge in [0.05, 0.1) is 6.54 Å². The van der Waals surface area contributed by atoms with E-state index in [1.165, 1.54) is 28.8 Å². The zero-order valence-electron chi connectivity index (χ0n) is 18.4. The predicted octanol–water partition coefficient (Wildman–Crippen LogP) is 1.96. The minimum absolute atomic E-state index is 0.0478. The average molecular weight is 429 g/mol. The normalized spacial score (nSPS) is 15.1. The Morgan fingerprint density at radius 2 is 1.65 bits per heavy atom. The van der Waals surface area contributed by atoms with Crippen molar-refractivity contribution in [3.05, 3.63) is 63.8 Å². The van der Waals surface area contributed by atoms with Gasteiger partial charge in [0.1, 0.15) is 11.4 Å². The van der Waals surface area contributed by atoms with E-state index in [-0.39, 0.29) is 29.5 Å². The van der Waals surface area contributed by atoms with E-state index in [1.807, 2.05) is 25.7 Å². The maximum Gasteiger partial charge on any atom is 0.268 e. The first-order valence-corrected chi connectivity index (χ1v) is 10.4. The van der Waals surface area contributed by atoms with E-state index in [4.69, 9.17) is 0 Å². The molecule has 0 spiro atoms. The van der Waals surface area contributed by atoms with Crippen LogP contribution >= 0.6 is 0 Å². The van der Waals surface area contributed by atoms with Gasteiger partial charge in [0.2, 0.25) is 5.91 Å². The second-order valence-corrected chi connectivity index (χ2v) is 8.89. The van der Waals surface area contributed by atoms with Crippen LogP contribution in [0.5, 0.6) is 0 Å². The third kappa shape index (κ3) is 5.58. The highest BCUT2D eigenvalue weighted by molar-refractivity contribution is 5.95. The number of carbonyl (C=O) groups is 2. The number of halogens is 1. The van der Waals surface area contributed by atoms with Gasteiger partial charge in [0, 0.05) is 43.6 Å². The summed E-state index contributed by atoms with van der Waals surface area (Å²) < 4.78 is 14.6. The predicted molar refractivity (Wildman–Crippen MR) is 117 cm³/mol. The molecule has 31 heavy (non-hydrogen) atoms. The molecule has 0 radical (unpaired) electrons. The van der Waals surface area contributed by atoms with Crippen molar-refractivity contribution in [3.63, 3.8) is 0 Å². The Morgan fingerprint density at radius 1 is 1.03 bits per heavy atom. The van der Waals surface area contributed by atoms with Gasteiger partial charge < -0.3 is 10.2 Å². The van der Waals surface area contributed by atoms with Crippen molar-refractivity contribution in [2.24, 2.45) is 0 Å². The summed E-state index contributed by atoms with van der Waals surface area (Å²) in [6, 6.07) is 7.27. The molecule has 0 saturated carbocycles. The number of hydrogen-bond acceptors (Lipinski definition) is 4. The molecule has 0 bridgehead atoms.